The monoisotopic (exact) mass is 354 g/mol. The molecule has 1 aromatic heterocycles. The van der Waals surface area contributed by atoms with Gasteiger partial charge in [-0.1, -0.05) is 36.5 Å². The van der Waals surface area contributed by atoms with Gasteiger partial charge in [-0.25, -0.2) is 0 Å². The Hall–Kier alpha value is -2.53. The number of hydrogen-bond donors (Lipinski definition) is 1. The van der Waals surface area contributed by atoms with Gasteiger partial charge in [-0.2, -0.15) is 0 Å². The van der Waals surface area contributed by atoms with Crippen LogP contribution in [0.25, 0.3) is 21.9 Å². The molecule has 0 spiro atoms. The number of aliphatic hydroxyl groups excluding tert-OH is 1. The lowest BCUT2D eigenvalue weighted by atomic mass is 10.0. The molecule has 4 nitrogen and oxygen atoms in total. The van der Waals surface area contributed by atoms with Gasteiger partial charge in [-0.05, 0) is 30.2 Å². The first-order valence-corrected chi connectivity index (χ1v) is 8.84. The number of fused-ring (bicyclic) bond motifs is 2. The molecule has 128 valence electrons. The smallest absolute Gasteiger partial charge is 0.200 e. The second kappa shape index (κ2) is 6.76. The maximum Gasteiger partial charge on any atom is 0.200 e. The van der Waals surface area contributed by atoms with Gasteiger partial charge in [0.2, 0.25) is 5.43 Å². The topological polar surface area (TPSA) is 67.5 Å². The third kappa shape index (κ3) is 3.33. The molecule has 0 aliphatic rings. The Kier molecular flexibility index (Phi) is 4.68. The molecular formula is C20H18O4S. The lowest BCUT2D eigenvalue weighted by Crippen LogP contribution is -2.05. The summed E-state index contributed by atoms with van der Waals surface area (Å²) < 4.78 is 6.09. The van der Waals surface area contributed by atoms with E-state index < -0.39 is 0 Å². The zero-order valence-electron chi connectivity index (χ0n) is 14.1. The first kappa shape index (κ1) is 17.3. The van der Waals surface area contributed by atoms with Gasteiger partial charge >= 0.3 is 0 Å². The molecule has 1 heterocycles. The quantitative estimate of drug-likeness (QED) is 0.546. The summed E-state index contributed by atoms with van der Waals surface area (Å²) in [6.07, 6.45) is 0.227. The van der Waals surface area contributed by atoms with Crippen molar-refractivity contribution in [3.05, 3.63) is 69.6 Å². The maximum absolute atomic E-state index is 12.9. The summed E-state index contributed by atoms with van der Waals surface area (Å²) in [6, 6.07) is 8.92. The molecule has 1 N–H and O–H groups in total. The minimum absolute atomic E-state index is 0.0126. The molecule has 0 aliphatic carbocycles. The van der Waals surface area contributed by atoms with E-state index in [1.165, 1.54) is 18.7 Å². The SMILES string of the molecule is C=C(O)Cc1cccc2c(=O)c3ccc(CSC(C)=O)c(C)c3oc12. The van der Waals surface area contributed by atoms with Crippen molar-refractivity contribution < 1.29 is 14.3 Å². The molecule has 0 aliphatic heterocycles. The number of carbonyl (C=O) groups excluding carboxylic acids is 1. The van der Waals surface area contributed by atoms with Crippen LogP contribution < -0.4 is 5.43 Å². The third-order valence-corrected chi connectivity index (χ3v) is 5.00. The van der Waals surface area contributed by atoms with Gasteiger partial charge in [-0.3, -0.25) is 9.59 Å². The maximum atomic E-state index is 12.9. The van der Waals surface area contributed by atoms with E-state index in [1.54, 1.807) is 18.2 Å². The fourth-order valence-corrected chi connectivity index (χ4v) is 3.54. The zero-order valence-corrected chi connectivity index (χ0v) is 14.9. The van der Waals surface area contributed by atoms with E-state index in [1.807, 2.05) is 19.1 Å². The molecule has 5 heteroatoms. The van der Waals surface area contributed by atoms with Crippen LogP contribution in [0.1, 0.15) is 23.6 Å². The van der Waals surface area contributed by atoms with Crippen LogP contribution in [0.4, 0.5) is 0 Å². The molecule has 0 radical (unpaired) electrons. The number of aliphatic hydroxyl groups is 1. The number of rotatable bonds is 4. The molecular weight excluding hydrogens is 336 g/mol. The first-order valence-electron chi connectivity index (χ1n) is 7.85. The Morgan fingerprint density at radius 3 is 2.56 bits per heavy atom. The largest absolute Gasteiger partial charge is 0.513 e. The van der Waals surface area contributed by atoms with E-state index in [2.05, 4.69) is 6.58 Å². The van der Waals surface area contributed by atoms with E-state index in [9.17, 15) is 14.7 Å². The van der Waals surface area contributed by atoms with Crippen LogP contribution in [0.15, 0.2) is 51.9 Å². The second-order valence-electron chi connectivity index (χ2n) is 5.97. The van der Waals surface area contributed by atoms with Crippen molar-refractivity contribution in [3.63, 3.8) is 0 Å². The van der Waals surface area contributed by atoms with Crippen molar-refractivity contribution in [2.75, 3.05) is 0 Å². The number of benzene rings is 2. The van der Waals surface area contributed by atoms with Crippen LogP contribution in [0.3, 0.4) is 0 Å². The minimum atomic E-state index is -0.101. The highest BCUT2D eigenvalue weighted by molar-refractivity contribution is 8.12. The molecule has 0 saturated carbocycles. The van der Waals surface area contributed by atoms with E-state index in [0.717, 1.165) is 11.1 Å². The summed E-state index contributed by atoms with van der Waals surface area (Å²) in [6.45, 7) is 6.94. The predicted molar refractivity (Wildman–Crippen MR) is 102 cm³/mol. The Balaban J connectivity index is 2.27. The van der Waals surface area contributed by atoms with Gasteiger partial charge < -0.3 is 9.52 Å². The second-order valence-corrected chi connectivity index (χ2v) is 7.13. The summed E-state index contributed by atoms with van der Waals surface area (Å²) in [5, 5.41) is 10.6. The van der Waals surface area contributed by atoms with Crippen LogP contribution in [0, 0.1) is 6.92 Å². The van der Waals surface area contributed by atoms with Gasteiger partial charge in [0.1, 0.15) is 11.2 Å². The fourth-order valence-electron chi connectivity index (χ4n) is 2.87. The molecule has 3 aromatic rings. The van der Waals surface area contributed by atoms with Gasteiger partial charge in [0.05, 0.1) is 16.5 Å². The molecule has 0 amide bonds. The van der Waals surface area contributed by atoms with Crippen molar-refractivity contribution in [1.29, 1.82) is 0 Å². The van der Waals surface area contributed by atoms with E-state index in [0.29, 0.717) is 33.3 Å². The predicted octanol–water partition coefficient (Wildman–Crippen LogP) is 4.65. The standard InChI is InChI=1S/C20H18O4S/c1-11(21)9-14-5-4-6-16-18(23)17-8-7-15(10-25-13(3)22)12(2)19(17)24-20(14)16/h4-8,21H,1,9-10H2,2-3H3. The summed E-state index contributed by atoms with van der Waals surface area (Å²) in [5.41, 5.74) is 3.41. The van der Waals surface area contributed by atoms with Crippen LogP contribution in [0.2, 0.25) is 0 Å². The number of hydrogen-bond acceptors (Lipinski definition) is 5. The van der Waals surface area contributed by atoms with Crippen LogP contribution in [-0.4, -0.2) is 10.2 Å². The van der Waals surface area contributed by atoms with Crippen molar-refractivity contribution in [2.45, 2.75) is 26.0 Å². The third-order valence-electron chi connectivity index (χ3n) is 4.13. The highest BCUT2D eigenvalue weighted by Gasteiger charge is 2.15. The normalized spacial score (nSPS) is 11.1. The Morgan fingerprint density at radius 1 is 1.16 bits per heavy atom. The number of aryl methyl sites for hydroxylation is 1. The Labute approximate surface area is 149 Å². The molecule has 2 aromatic carbocycles. The molecule has 0 unspecified atom stereocenters. The van der Waals surface area contributed by atoms with Gasteiger partial charge in [0, 0.05) is 24.7 Å². The Bertz CT molecular complexity index is 1060. The summed E-state index contributed by atoms with van der Waals surface area (Å²) in [5.74, 6) is 0.548. The number of thioether (sulfide) groups is 1. The number of carbonyl (C=O) groups is 1. The summed E-state index contributed by atoms with van der Waals surface area (Å²) in [4.78, 5) is 24.1. The van der Waals surface area contributed by atoms with Crippen molar-refractivity contribution in [2.24, 2.45) is 0 Å². The van der Waals surface area contributed by atoms with Crippen molar-refractivity contribution >= 4 is 38.8 Å². The Morgan fingerprint density at radius 2 is 1.88 bits per heavy atom. The zero-order chi connectivity index (χ0) is 18.1. The van der Waals surface area contributed by atoms with Gasteiger partial charge in [0.25, 0.3) is 0 Å². The minimum Gasteiger partial charge on any atom is -0.513 e. The van der Waals surface area contributed by atoms with E-state index in [4.69, 9.17) is 4.42 Å². The lowest BCUT2D eigenvalue weighted by Gasteiger charge is -2.10. The van der Waals surface area contributed by atoms with Gasteiger partial charge in [-0.15, -0.1) is 0 Å². The molecule has 3 rings (SSSR count). The van der Waals surface area contributed by atoms with Crippen LogP contribution in [0.5, 0.6) is 0 Å². The van der Waals surface area contributed by atoms with Gasteiger partial charge in [0.15, 0.2) is 5.12 Å². The highest BCUT2D eigenvalue weighted by Crippen LogP contribution is 2.28. The highest BCUT2D eigenvalue weighted by atomic mass is 32.2. The van der Waals surface area contributed by atoms with E-state index >= 15 is 0 Å². The van der Waals surface area contributed by atoms with Crippen molar-refractivity contribution in [1.82, 2.24) is 0 Å². The lowest BCUT2D eigenvalue weighted by molar-refractivity contribution is -0.109. The average molecular weight is 354 g/mol. The van der Waals surface area contributed by atoms with Crippen LogP contribution >= 0.6 is 11.8 Å². The molecule has 0 atom stereocenters. The molecule has 25 heavy (non-hydrogen) atoms. The van der Waals surface area contributed by atoms with E-state index in [-0.39, 0.29) is 22.7 Å². The average Bonchev–Trinajstić information content (AvgIpc) is 2.55. The van der Waals surface area contributed by atoms with Crippen LogP contribution in [-0.2, 0) is 17.0 Å². The molecule has 0 saturated heterocycles. The first-order chi connectivity index (χ1) is 11.9. The summed E-state index contributed by atoms with van der Waals surface area (Å²) in [7, 11) is 0. The molecule has 0 fully saturated rings. The van der Waals surface area contributed by atoms with Crippen molar-refractivity contribution in [3.8, 4) is 0 Å². The summed E-state index contributed by atoms with van der Waals surface area (Å²) >= 11 is 1.22. The number of allylic oxidation sites excluding steroid dienone is 1. The number of para-hydroxylation sites is 1. The fraction of sp³-hybridized carbons (Fsp3) is 0.200. The molecule has 0 bridgehead atoms.